The molecule has 0 aliphatic rings. The SMILES string of the molecule is COc1ccc(-c2cc(-c3cccc(C(=O)O)c3)c(C#N)c(N)n2)cc1F. The van der Waals surface area contributed by atoms with Gasteiger partial charge in [0, 0.05) is 11.1 Å². The number of nitrogens with two attached hydrogens (primary N) is 1. The standard InChI is InChI=1S/C20H14FN3O3/c1-27-18-6-5-12(8-16(18)21)17-9-14(15(10-22)19(23)24-17)11-3-2-4-13(7-11)20(25)26/h2-9H,1H3,(H2,23,24)(H,25,26). The van der Waals surface area contributed by atoms with Gasteiger partial charge in [-0.25, -0.2) is 14.2 Å². The number of carboxylic acid groups (broad SMARTS) is 1. The van der Waals surface area contributed by atoms with Gasteiger partial charge in [0.25, 0.3) is 0 Å². The van der Waals surface area contributed by atoms with Crippen LogP contribution in [0.25, 0.3) is 22.4 Å². The Morgan fingerprint density at radius 3 is 2.63 bits per heavy atom. The molecule has 3 aromatic rings. The minimum atomic E-state index is -1.09. The molecule has 0 fully saturated rings. The first-order valence-electron chi connectivity index (χ1n) is 7.83. The first-order valence-corrected chi connectivity index (χ1v) is 7.83. The minimum absolute atomic E-state index is 0.0260. The smallest absolute Gasteiger partial charge is 0.335 e. The summed E-state index contributed by atoms with van der Waals surface area (Å²) in [5.41, 5.74) is 7.83. The molecule has 0 bridgehead atoms. The van der Waals surface area contributed by atoms with E-state index in [1.165, 1.54) is 31.4 Å². The van der Waals surface area contributed by atoms with E-state index in [0.717, 1.165) is 0 Å². The van der Waals surface area contributed by atoms with Gasteiger partial charge in [0.05, 0.1) is 18.4 Å². The first-order chi connectivity index (χ1) is 12.9. The van der Waals surface area contributed by atoms with Crippen LogP contribution in [0.3, 0.4) is 0 Å². The van der Waals surface area contributed by atoms with Crippen LogP contribution in [0.15, 0.2) is 48.5 Å². The Kier molecular flexibility index (Phi) is 4.73. The highest BCUT2D eigenvalue weighted by molar-refractivity contribution is 5.90. The predicted octanol–water partition coefficient (Wildman–Crippen LogP) is 3.72. The van der Waals surface area contributed by atoms with Gasteiger partial charge in [0.2, 0.25) is 0 Å². The molecule has 6 nitrogen and oxygen atoms in total. The van der Waals surface area contributed by atoms with Crippen molar-refractivity contribution in [3.8, 4) is 34.2 Å². The van der Waals surface area contributed by atoms with Gasteiger partial charge in [0.15, 0.2) is 11.6 Å². The van der Waals surface area contributed by atoms with Crippen LogP contribution in [0.5, 0.6) is 5.75 Å². The zero-order valence-corrected chi connectivity index (χ0v) is 14.2. The van der Waals surface area contributed by atoms with E-state index in [2.05, 4.69) is 4.98 Å². The molecular weight excluding hydrogens is 349 g/mol. The fourth-order valence-electron chi connectivity index (χ4n) is 2.70. The van der Waals surface area contributed by atoms with Crippen LogP contribution in [0.2, 0.25) is 0 Å². The molecule has 7 heteroatoms. The quantitative estimate of drug-likeness (QED) is 0.731. The van der Waals surface area contributed by atoms with Crippen LogP contribution in [0, 0.1) is 17.1 Å². The molecule has 1 heterocycles. The maximum Gasteiger partial charge on any atom is 0.335 e. The molecule has 27 heavy (non-hydrogen) atoms. The third-order valence-corrected chi connectivity index (χ3v) is 4.03. The lowest BCUT2D eigenvalue weighted by atomic mass is 9.97. The summed E-state index contributed by atoms with van der Waals surface area (Å²) in [6.07, 6.45) is 0. The van der Waals surface area contributed by atoms with Gasteiger partial charge in [0.1, 0.15) is 17.5 Å². The van der Waals surface area contributed by atoms with Gasteiger partial charge in [-0.15, -0.1) is 0 Å². The summed E-state index contributed by atoms with van der Waals surface area (Å²) < 4.78 is 19.0. The van der Waals surface area contributed by atoms with Crippen molar-refractivity contribution in [3.05, 3.63) is 65.5 Å². The van der Waals surface area contributed by atoms with E-state index in [1.807, 2.05) is 6.07 Å². The summed E-state index contributed by atoms with van der Waals surface area (Å²) >= 11 is 0. The van der Waals surface area contributed by atoms with Crippen LogP contribution in [0.4, 0.5) is 10.2 Å². The van der Waals surface area contributed by atoms with E-state index in [0.29, 0.717) is 22.4 Å². The molecule has 0 unspecified atom stereocenters. The predicted molar refractivity (Wildman–Crippen MR) is 97.7 cm³/mol. The molecule has 3 N–H and O–H groups in total. The average molecular weight is 363 g/mol. The van der Waals surface area contributed by atoms with E-state index in [9.17, 15) is 19.6 Å². The number of aromatic carboxylic acids is 1. The number of hydrogen-bond donors (Lipinski definition) is 2. The second-order valence-corrected chi connectivity index (χ2v) is 5.66. The number of carboxylic acids is 1. The van der Waals surface area contributed by atoms with Crippen LogP contribution in [-0.4, -0.2) is 23.2 Å². The molecule has 0 atom stereocenters. The van der Waals surface area contributed by atoms with Crippen molar-refractivity contribution >= 4 is 11.8 Å². The van der Waals surface area contributed by atoms with Crippen molar-refractivity contribution in [2.45, 2.75) is 0 Å². The Hall–Kier alpha value is -3.92. The highest BCUT2D eigenvalue weighted by Crippen LogP contribution is 2.32. The summed E-state index contributed by atoms with van der Waals surface area (Å²) in [6, 6.07) is 14.0. The molecule has 0 radical (unpaired) electrons. The summed E-state index contributed by atoms with van der Waals surface area (Å²) in [6.45, 7) is 0. The number of rotatable bonds is 4. The van der Waals surface area contributed by atoms with Crippen LogP contribution >= 0.6 is 0 Å². The molecule has 0 saturated heterocycles. The number of carbonyl (C=O) groups is 1. The zero-order chi connectivity index (χ0) is 19.6. The van der Waals surface area contributed by atoms with Crippen molar-refractivity contribution in [1.29, 1.82) is 5.26 Å². The topological polar surface area (TPSA) is 109 Å². The molecule has 0 spiro atoms. The molecule has 0 aliphatic carbocycles. The second kappa shape index (κ2) is 7.14. The van der Waals surface area contributed by atoms with Crippen LogP contribution in [0.1, 0.15) is 15.9 Å². The largest absolute Gasteiger partial charge is 0.494 e. The summed E-state index contributed by atoms with van der Waals surface area (Å²) in [4.78, 5) is 15.4. The first kappa shape index (κ1) is 17.9. The van der Waals surface area contributed by atoms with Gasteiger partial charge in [-0.05, 0) is 42.0 Å². The zero-order valence-electron chi connectivity index (χ0n) is 14.2. The number of halogens is 1. The highest BCUT2D eigenvalue weighted by Gasteiger charge is 2.16. The monoisotopic (exact) mass is 363 g/mol. The summed E-state index contributed by atoms with van der Waals surface area (Å²) in [5.74, 6) is -1.58. The van der Waals surface area contributed by atoms with E-state index in [-0.39, 0.29) is 22.7 Å². The lowest BCUT2D eigenvalue weighted by molar-refractivity contribution is 0.0697. The summed E-state index contributed by atoms with van der Waals surface area (Å²) in [7, 11) is 1.36. The number of hydrogen-bond acceptors (Lipinski definition) is 5. The fourth-order valence-corrected chi connectivity index (χ4v) is 2.70. The number of nitrogens with zero attached hydrogens (tertiary/aromatic N) is 2. The molecular formula is C20H14FN3O3. The van der Waals surface area contributed by atoms with Gasteiger partial charge < -0.3 is 15.6 Å². The lowest BCUT2D eigenvalue weighted by Crippen LogP contribution is -2.01. The van der Waals surface area contributed by atoms with Crippen LogP contribution < -0.4 is 10.5 Å². The Labute approximate surface area is 154 Å². The van der Waals surface area contributed by atoms with Gasteiger partial charge in [-0.3, -0.25) is 0 Å². The van der Waals surface area contributed by atoms with Crippen molar-refractivity contribution in [2.24, 2.45) is 0 Å². The molecule has 0 amide bonds. The third-order valence-electron chi connectivity index (χ3n) is 4.03. The lowest BCUT2D eigenvalue weighted by Gasteiger charge is -2.11. The van der Waals surface area contributed by atoms with Crippen LogP contribution in [-0.2, 0) is 0 Å². The maximum absolute atomic E-state index is 14.0. The van der Waals surface area contributed by atoms with Gasteiger partial charge in [-0.1, -0.05) is 12.1 Å². The van der Waals surface area contributed by atoms with E-state index in [4.69, 9.17) is 10.5 Å². The summed E-state index contributed by atoms with van der Waals surface area (Å²) in [5, 5.41) is 18.6. The molecule has 134 valence electrons. The number of methoxy groups -OCH3 is 1. The van der Waals surface area contributed by atoms with Gasteiger partial charge >= 0.3 is 5.97 Å². The Bertz CT molecular complexity index is 1090. The molecule has 0 aliphatic heterocycles. The number of anilines is 1. The number of pyridine rings is 1. The number of benzene rings is 2. The fraction of sp³-hybridized carbons (Fsp3) is 0.0500. The number of nitrogen functional groups attached to an aromatic ring is 1. The molecule has 0 saturated carbocycles. The normalized spacial score (nSPS) is 10.3. The van der Waals surface area contributed by atoms with E-state index in [1.54, 1.807) is 24.3 Å². The number of ether oxygens (including phenoxy) is 1. The third kappa shape index (κ3) is 3.41. The number of aromatic nitrogens is 1. The van der Waals surface area contributed by atoms with E-state index >= 15 is 0 Å². The van der Waals surface area contributed by atoms with E-state index < -0.39 is 11.8 Å². The average Bonchev–Trinajstić information content (AvgIpc) is 2.67. The second-order valence-electron chi connectivity index (χ2n) is 5.66. The molecule has 2 aromatic carbocycles. The number of nitriles is 1. The van der Waals surface area contributed by atoms with Crippen molar-refractivity contribution in [3.63, 3.8) is 0 Å². The molecule has 3 rings (SSSR count). The minimum Gasteiger partial charge on any atom is -0.494 e. The van der Waals surface area contributed by atoms with Gasteiger partial charge in [-0.2, -0.15) is 5.26 Å². The van der Waals surface area contributed by atoms with Crippen molar-refractivity contribution < 1.29 is 19.0 Å². The van der Waals surface area contributed by atoms with Crippen molar-refractivity contribution in [2.75, 3.05) is 12.8 Å². The van der Waals surface area contributed by atoms with Crippen molar-refractivity contribution in [1.82, 2.24) is 4.98 Å². The highest BCUT2D eigenvalue weighted by atomic mass is 19.1. The molecule has 1 aromatic heterocycles. The maximum atomic E-state index is 14.0. The Morgan fingerprint density at radius 2 is 2.00 bits per heavy atom. The Balaban J connectivity index is 2.20. The Morgan fingerprint density at radius 1 is 1.22 bits per heavy atom.